The van der Waals surface area contributed by atoms with Gasteiger partial charge in [0.2, 0.25) is 0 Å². The quantitative estimate of drug-likeness (QED) is 0.281. The van der Waals surface area contributed by atoms with E-state index < -0.39 is 0 Å². The summed E-state index contributed by atoms with van der Waals surface area (Å²) < 4.78 is 2.29. The predicted octanol–water partition coefficient (Wildman–Crippen LogP) is 6.94. The van der Waals surface area contributed by atoms with Crippen molar-refractivity contribution in [3.05, 3.63) is 131 Å². The van der Waals surface area contributed by atoms with E-state index in [0.29, 0.717) is 6.54 Å². The first-order valence-electron chi connectivity index (χ1n) is 12.2. The Bertz CT molecular complexity index is 1530. The number of para-hydroxylation sites is 1. The van der Waals surface area contributed by atoms with E-state index in [1.54, 1.807) is 0 Å². The molecule has 1 aliphatic heterocycles. The van der Waals surface area contributed by atoms with Crippen LogP contribution < -0.4 is 0 Å². The molecular formula is C32H28N2O. The third-order valence-corrected chi connectivity index (χ3v) is 7.29. The van der Waals surface area contributed by atoms with Crippen LogP contribution in [0.15, 0.2) is 103 Å². The molecular weight excluding hydrogens is 428 g/mol. The number of rotatable bonds is 5. The predicted molar refractivity (Wildman–Crippen MR) is 143 cm³/mol. The number of carbonyl (C=O) groups is 1. The van der Waals surface area contributed by atoms with E-state index >= 15 is 0 Å². The van der Waals surface area contributed by atoms with Gasteiger partial charge >= 0.3 is 0 Å². The van der Waals surface area contributed by atoms with Gasteiger partial charge in [-0.2, -0.15) is 0 Å². The summed E-state index contributed by atoms with van der Waals surface area (Å²) in [7, 11) is 2.14. The first-order chi connectivity index (χ1) is 17.1. The largest absolute Gasteiger partial charge is 0.343 e. The molecule has 6 rings (SSSR count). The summed E-state index contributed by atoms with van der Waals surface area (Å²) in [4.78, 5) is 15.8. The van der Waals surface area contributed by atoms with E-state index in [1.807, 2.05) is 18.2 Å². The van der Waals surface area contributed by atoms with Gasteiger partial charge in [-0.25, -0.2) is 0 Å². The smallest absolute Gasteiger partial charge is 0.255 e. The Balaban J connectivity index is 1.56. The van der Waals surface area contributed by atoms with E-state index in [2.05, 4.69) is 108 Å². The number of aromatic nitrogens is 1. The SMILES string of the molecule is Cc1ccc(-c2c([C@H]3c4ccccc4C(=O)N3CCc3ccccc3)c3ccccc3n2C)cc1. The highest BCUT2D eigenvalue weighted by Crippen LogP contribution is 2.46. The van der Waals surface area contributed by atoms with Crippen molar-refractivity contribution < 1.29 is 4.79 Å². The van der Waals surface area contributed by atoms with Crippen molar-refractivity contribution in [2.24, 2.45) is 7.05 Å². The normalized spacial score (nSPS) is 15.1. The van der Waals surface area contributed by atoms with E-state index in [4.69, 9.17) is 0 Å². The molecule has 0 N–H and O–H groups in total. The molecule has 172 valence electrons. The Kier molecular flexibility index (Phi) is 5.26. The standard InChI is InChI=1S/C32H28N2O/c1-22-16-18-24(19-17-22)30-29(27-14-8-9-15-28(27)33(30)2)31-25-12-6-7-13-26(25)32(35)34(31)21-20-23-10-4-3-5-11-23/h3-19,31H,20-21H2,1-2H3/t31-/m1/s1. The lowest BCUT2D eigenvalue weighted by molar-refractivity contribution is 0.0753. The van der Waals surface area contributed by atoms with Crippen LogP contribution in [0.3, 0.4) is 0 Å². The van der Waals surface area contributed by atoms with Gasteiger partial charge in [0.15, 0.2) is 0 Å². The molecule has 3 nitrogen and oxygen atoms in total. The number of aryl methyl sites for hydroxylation is 2. The minimum atomic E-state index is -0.134. The van der Waals surface area contributed by atoms with E-state index in [9.17, 15) is 4.79 Å². The van der Waals surface area contributed by atoms with Crippen LogP contribution in [0.4, 0.5) is 0 Å². The van der Waals surface area contributed by atoms with Gasteiger partial charge in [0.1, 0.15) is 0 Å². The molecule has 0 saturated carbocycles. The van der Waals surface area contributed by atoms with Crippen molar-refractivity contribution in [1.29, 1.82) is 0 Å². The minimum Gasteiger partial charge on any atom is -0.343 e. The van der Waals surface area contributed by atoms with Gasteiger partial charge in [0, 0.05) is 35.6 Å². The fraction of sp³-hybridized carbons (Fsp3) is 0.156. The average Bonchev–Trinajstić information content (AvgIpc) is 3.34. The number of carbonyl (C=O) groups excluding carboxylic acids is 1. The van der Waals surface area contributed by atoms with Gasteiger partial charge in [-0.15, -0.1) is 0 Å². The van der Waals surface area contributed by atoms with Crippen LogP contribution in [0.1, 0.15) is 38.7 Å². The molecule has 0 spiro atoms. The lowest BCUT2D eigenvalue weighted by atomic mass is 9.93. The maximum Gasteiger partial charge on any atom is 0.255 e. The average molecular weight is 457 g/mol. The van der Waals surface area contributed by atoms with Gasteiger partial charge < -0.3 is 9.47 Å². The summed E-state index contributed by atoms with van der Waals surface area (Å²) in [5, 5.41) is 1.20. The fourth-order valence-corrected chi connectivity index (χ4v) is 5.57. The second-order valence-electron chi connectivity index (χ2n) is 9.43. The molecule has 0 fully saturated rings. The summed E-state index contributed by atoms with van der Waals surface area (Å²) in [6.07, 6.45) is 0.821. The molecule has 1 atom stereocenters. The molecule has 5 aromatic rings. The lowest BCUT2D eigenvalue weighted by Gasteiger charge is -2.27. The van der Waals surface area contributed by atoms with Crippen LogP contribution in [0.2, 0.25) is 0 Å². The van der Waals surface area contributed by atoms with Crippen molar-refractivity contribution in [2.45, 2.75) is 19.4 Å². The molecule has 3 heteroatoms. The number of amides is 1. The third-order valence-electron chi connectivity index (χ3n) is 7.29. The Morgan fingerprint density at radius 3 is 2.26 bits per heavy atom. The molecule has 1 aliphatic rings. The van der Waals surface area contributed by atoms with E-state index in [1.165, 1.54) is 38.9 Å². The molecule has 2 heterocycles. The highest BCUT2D eigenvalue weighted by atomic mass is 16.2. The molecule has 0 bridgehead atoms. The second kappa shape index (κ2) is 8.59. The van der Waals surface area contributed by atoms with Gasteiger partial charge in [0.25, 0.3) is 5.91 Å². The van der Waals surface area contributed by atoms with Crippen molar-refractivity contribution in [3.63, 3.8) is 0 Å². The van der Waals surface area contributed by atoms with Crippen LogP contribution in [-0.4, -0.2) is 21.9 Å². The maximum atomic E-state index is 13.8. The molecule has 35 heavy (non-hydrogen) atoms. The van der Waals surface area contributed by atoms with E-state index in [0.717, 1.165) is 17.5 Å². The van der Waals surface area contributed by atoms with Crippen molar-refractivity contribution in [2.75, 3.05) is 6.54 Å². The van der Waals surface area contributed by atoms with Crippen LogP contribution in [0.5, 0.6) is 0 Å². The molecule has 0 radical (unpaired) electrons. The van der Waals surface area contributed by atoms with Gasteiger partial charge in [-0.1, -0.05) is 96.6 Å². The Labute approximate surface area is 206 Å². The van der Waals surface area contributed by atoms with E-state index in [-0.39, 0.29) is 11.9 Å². The Morgan fingerprint density at radius 2 is 1.46 bits per heavy atom. The number of hydrogen-bond donors (Lipinski definition) is 0. The fourth-order valence-electron chi connectivity index (χ4n) is 5.57. The summed E-state index contributed by atoms with van der Waals surface area (Å²) >= 11 is 0. The van der Waals surface area contributed by atoms with Crippen LogP contribution in [0.25, 0.3) is 22.2 Å². The number of hydrogen-bond acceptors (Lipinski definition) is 1. The van der Waals surface area contributed by atoms with Crippen LogP contribution in [-0.2, 0) is 13.5 Å². The number of fused-ring (bicyclic) bond motifs is 2. The van der Waals surface area contributed by atoms with Crippen LogP contribution >= 0.6 is 0 Å². The Morgan fingerprint density at radius 1 is 0.771 bits per heavy atom. The Hall–Kier alpha value is -4.11. The zero-order valence-electron chi connectivity index (χ0n) is 20.1. The monoisotopic (exact) mass is 456 g/mol. The topological polar surface area (TPSA) is 25.2 Å². The summed E-state index contributed by atoms with van der Waals surface area (Å²) in [6, 6.07) is 35.7. The summed E-state index contributed by atoms with van der Waals surface area (Å²) in [5.74, 6) is 0.115. The minimum absolute atomic E-state index is 0.115. The zero-order valence-corrected chi connectivity index (χ0v) is 20.1. The van der Waals surface area contributed by atoms with Gasteiger partial charge in [-0.3, -0.25) is 4.79 Å². The maximum absolute atomic E-state index is 13.8. The first-order valence-corrected chi connectivity index (χ1v) is 12.2. The van der Waals surface area contributed by atoms with Crippen molar-refractivity contribution >= 4 is 16.8 Å². The molecule has 0 unspecified atom stereocenters. The zero-order chi connectivity index (χ0) is 23.9. The highest BCUT2D eigenvalue weighted by molar-refractivity contribution is 6.02. The highest BCUT2D eigenvalue weighted by Gasteiger charge is 2.40. The van der Waals surface area contributed by atoms with Crippen molar-refractivity contribution in [1.82, 2.24) is 9.47 Å². The summed E-state index contributed by atoms with van der Waals surface area (Å²) in [5.41, 5.74) is 9.11. The van der Waals surface area contributed by atoms with Crippen molar-refractivity contribution in [3.8, 4) is 11.3 Å². The number of benzene rings is 4. The second-order valence-corrected chi connectivity index (χ2v) is 9.43. The van der Waals surface area contributed by atoms with Gasteiger partial charge in [0.05, 0.1) is 11.7 Å². The lowest BCUT2D eigenvalue weighted by Crippen LogP contribution is -2.31. The molecule has 0 aliphatic carbocycles. The molecule has 1 aromatic heterocycles. The van der Waals surface area contributed by atoms with Gasteiger partial charge in [-0.05, 0) is 42.2 Å². The summed E-state index contributed by atoms with van der Waals surface area (Å²) in [6.45, 7) is 2.78. The molecule has 4 aromatic carbocycles. The third kappa shape index (κ3) is 3.55. The number of nitrogens with zero attached hydrogens (tertiary/aromatic N) is 2. The van der Waals surface area contributed by atoms with Crippen LogP contribution in [0, 0.1) is 6.92 Å². The first kappa shape index (κ1) is 21.4. The molecule has 1 amide bonds. The molecule has 0 saturated heterocycles.